The maximum Gasteiger partial charge on any atom is 0.0619 e. The van der Waals surface area contributed by atoms with Crippen LogP contribution < -0.4 is 5.32 Å². The van der Waals surface area contributed by atoms with Gasteiger partial charge in [0.05, 0.1) is 21.4 Å². The average molecular weight is 181 g/mol. The fraction of sp³-hybridized carbons (Fsp3) is 0.333. The minimum atomic E-state index is -0.795. The van der Waals surface area contributed by atoms with Crippen LogP contribution in [0, 0.1) is 0 Å². The number of benzene rings is 1. The van der Waals surface area contributed by atoms with E-state index in [0.717, 1.165) is 29.3 Å². The Hall–Kier alpha value is -0.830. The molecular formula is C9H11NOS. The van der Waals surface area contributed by atoms with Crippen LogP contribution in [-0.4, -0.2) is 16.5 Å². The number of anilines is 1. The highest BCUT2D eigenvalue weighted by Gasteiger charge is 2.11. The molecule has 1 aliphatic rings. The molecule has 0 bridgehead atoms. The lowest BCUT2D eigenvalue weighted by Gasteiger charge is -2.04. The topological polar surface area (TPSA) is 29.1 Å². The van der Waals surface area contributed by atoms with E-state index < -0.39 is 10.8 Å². The fourth-order valence-corrected chi connectivity index (χ4v) is 2.59. The molecule has 1 heterocycles. The lowest BCUT2D eigenvalue weighted by molar-refractivity contribution is 0.682. The predicted octanol–water partition coefficient (Wildman–Crippen LogP) is 1.61. The molecule has 0 fully saturated rings. The molecule has 0 saturated heterocycles. The highest BCUT2D eigenvalue weighted by atomic mass is 32.2. The average Bonchev–Trinajstić information content (AvgIpc) is 2.29. The van der Waals surface area contributed by atoms with Crippen molar-refractivity contribution in [3.63, 3.8) is 0 Å². The summed E-state index contributed by atoms with van der Waals surface area (Å²) >= 11 is 0. The Labute approximate surface area is 74.4 Å². The number of hydrogen-bond acceptors (Lipinski definition) is 2. The van der Waals surface area contributed by atoms with E-state index in [1.807, 2.05) is 24.3 Å². The molecule has 1 atom stereocenters. The Morgan fingerprint density at radius 2 is 2.17 bits per heavy atom. The summed E-state index contributed by atoms with van der Waals surface area (Å²) in [5, 5.41) is 3.26. The second kappa shape index (κ2) is 3.27. The van der Waals surface area contributed by atoms with E-state index in [0.29, 0.717) is 0 Å². The fourth-order valence-electron chi connectivity index (χ4n) is 1.35. The summed E-state index contributed by atoms with van der Waals surface area (Å²) in [6.45, 7) is 0.933. The van der Waals surface area contributed by atoms with E-state index in [9.17, 15) is 4.21 Å². The van der Waals surface area contributed by atoms with E-state index in [4.69, 9.17) is 0 Å². The lowest BCUT2D eigenvalue weighted by atomic mass is 10.3. The number of nitrogens with one attached hydrogen (secondary N) is 1. The van der Waals surface area contributed by atoms with Gasteiger partial charge in [-0.1, -0.05) is 12.1 Å². The molecule has 1 N–H and O–H groups in total. The zero-order valence-corrected chi connectivity index (χ0v) is 7.56. The second-order valence-corrected chi connectivity index (χ2v) is 4.37. The number of rotatable bonds is 0. The maximum absolute atomic E-state index is 11.6. The normalized spacial score (nSPS) is 22.2. The summed E-state index contributed by atoms with van der Waals surface area (Å²) in [5.41, 5.74) is 1.04. The zero-order valence-electron chi connectivity index (χ0n) is 6.75. The standard InChI is InChI=1S/C9H11NOS/c11-12-7-3-6-10-8-4-1-2-5-9(8)12/h1-2,4-5,10H,3,6-7H2. The molecule has 1 unspecified atom stereocenters. The Bertz CT molecular complexity index is 311. The highest BCUT2D eigenvalue weighted by molar-refractivity contribution is 7.85. The van der Waals surface area contributed by atoms with Crippen LogP contribution in [0.3, 0.4) is 0 Å². The van der Waals surface area contributed by atoms with E-state index in [1.54, 1.807) is 0 Å². The predicted molar refractivity (Wildman–Crippen MR) is 50.8 cm³/mol. The first-order valence-electron chi connectivity index (χ1n) is 4.09. The van der Waals surface area contributed by atoms with Gasteiger partial charge in [0, 0.05) is 12.3 Å². The largest absolute Gasteiger partial charge is 0.384 e. The Balaban J connectivity index is 2.46. The second-order valence-electron chi connectivity index (χ2n) is 2.83. The summed E-state index contributed by atoms with van der Waals surface area (Å²) in [6.07, 6.45) is 0.987. The van der Waals surface area contributed by atoms with Crippen LogP contribution in [0.5, 0.6) is 0 Å². The van der Waals surface area contributed by atoms with Gasteiger partial charge in [-0.25, -0.2) is 0 Å². The van der Waals surface area contributed by atoms with E-state index in [1.165, 1.54) is 0 Å². The van der Waals surface area contributed by atoms with Crippen molar-refractivity contribution in [2.75, 3.05) is 17.6 Å². The van der Waals surface area contributed by atoms with Crippen LogP contribution in [0.2, 0.25) is 0 Å². The first-order chi connectivity index (χ1) is 5.88. The molecule has 0 amide bonds. The van der Waals surface area contributed by atoms with Crippen LogP contribution in [0.15, 0.2) is 29.2 Å². The summed E-state index contributed by atoms with van der Waals surface area (Å²) < 4.78 is 11.6. The van der Waals surface area contributed by atoms with E-state index >= 15 is 0 Å². The molecule has 1 aliphatic heterocycles. The van der Waals surface area contributed by atoms with Gasteiger partial charge in [-0.2, -0.15) is 0 Å². The molecule has 0 radical (unpaired) electrons. The molecule has 0 aromatic heterocycles. The van der Waals surface area contributed by atoms with Crippen molar-refractivity contribution in [2.24, 2.45) is 0 Å². The third-order valence-electron chi connectivity index (χ3n) is 1.95. The minimum Gasteiger partial charge on any atom is -0.384 e. The number of hydrogen-bond donors (Lipinski definition) is 1. The number of fused-ring (bicyclic) bond motifs is 1. The van der Waals surface area contributed by atoms with Crippen molar-refractivity contribution < 1.29 is 4.21 Å². The molecule has 2 nitrogen and oxygen atoms in total. The van der Waals surface area contributed by atoms with Crippen LogP contribution in [0.25, 0.3) is 0 Å². The lowest BCUT2D eigenvalue weighted by Crippen LogP contribution is -1.99. The molecule has 0 aliphatic carbocycles. The van der Waals surface area contributed by atoms with Gasteiger partial charge in [-0.05, 0) is 18.6 Å². The van der Waals surface area contributed by atoms with Gasteiger partial charge in [-0.15, -0.1) is 0 Å². The SMILES string of the molecule is O=S1CCCNc2ccccc21. The molecule has 0 spiro atoms. The van der Waals surface area contributed by atoms with Gasteiger partial charge in [0.25, 0.3) is 0 Å². The van der Waals surface area contributed by atoms with Crippen molar-refractivity contribution in [2.45, 2.75) is 11.3 Å². The summed E-state index contributed by atoms with van der Waals surface area (Å²) in [4.78, 5) is 0.954. The van der Waals surface area contributed by atoms with Gasteiger partial charge < -0.3 is 5.32 Å². The molecule has 12 heavy (non-hydrogen) atoms. The van der Waals surface area contributed by atoms with E-state index in [-0.39, 0.29) is 0 Å². The van der Waals surface area contributed by atoms with Crippen LogP contribution >= 0.6 is 0 Å². The van der Waals surface area contributed by atoms with E-state index in [2.05, 4.69) is 5.32 Å². The van der Waals surface area contributed by atoms with Crippen molar-refractivity contribution in [1.82, 2.24) is 0 Å². The van der Waals surface area contributed by atoms with Crippen LogP contribution in [-0.2, 0) is 10.8 Å². The minimum absolute atomic E-state index is 0.782. The van der Waals surface area contributed by atoms with Gasteiger partial charge >= 0.3 is 0 Å². The highest BCUT2D eigenvalue weighted by Crippen LogP contribution is 2.21. The quantitative estimate of drug-likeness (QED) is 0.659. The van der Waals surface area contributed by atoms with Crippen LogP contribution in [0.1, 0.15) is 6.42 Å². The van der Waals surface area contributed by atoms with Crippen molar-refractivity contribution >= 4 is 16.5 Å². The first kappa shape index (κ1) is 7.80. The van der Waals surface area contributed by atoms with Crippen molar-refractivity contribution in [3.05, 3.63) is 24.3 Å². The Morgan fingerprint density at radius 3 is 3.08 bits per heavy atom. The van der Waals surface area contributed by atoms with Crippen molar-refractivity contribution in [1.29, 1.82) is 0 Å². The van der Waals surface area contributed by atoms with Crippen molar-refractivity contribution in [3.8, 4) is 0 Å². The number of para-hydroxylation sites is 1. The molecule has 3 heteroatoms. The summed E-state index contributed by atoms with van der Waals surface area (Å²) in [7, 11) is -0.795. The Kier molecular flexibility index (Phi) is 2.13. The summed E-state index contributed by atoms with van der Waals surface area (Å²) in [6, 6.07) is 7.82. The Morgan fingerprint density at radius 1 is 1.33 bits per heavy atom. The molecule has 2 rings (SSSR count). The van der Waals surface area contributed by atoms with Gasteiger partial charge in [0.2, 0.25) is 0 Å². The molecule has 64 valence electrons. The molecular weight excluding hydrogens is 170 g/mol. The molecule has 1 aromatic rings. The first-order valence-corrected chi connectivity index (χ1v) is 5.41. The van der Waals surface area contributed by atoms with Gasteiger partial charge in [0.1, 0.15) is 0 Å². The van der Waals surface area contributed by atoms with Crippen LogP contribution in [0.4, 0.5) is 5.69 Å². The summed E-state index contributed by atoms with van der Waals surface area (Å²) in [5.74, 6) is 0.782. The third kappa shape index (κ3) is 1.37. The van der Waals surface area contributed by atoms with Gasteiger partial charge in [0.15, 0.2) is 0 Å². The smallest absolute Gasteiger partial charge is 0.0619 e. The monoisotopic (exact) mass is 181 g/mol. The zero-order chi connectivity index (χ0) is 8.39. The molecule has 1 aromatic carbocycles. The van der Waals surface area contributed by atoms with Gasteiger partial charge in [-0.3, -0.25) is 4.21 Å². The molecule has 0 saturated carbocycles. The maximum atomic E-state index is 11.6. The third-order valence-corrected chi connectivity index (χ3v) is 3.46.